The Morgan fingerprint density at radius 2 is 1.85 bits per heavy atom. The van der Waals surface area contributed by atoms with Crippen molar-refractivity contribution in [1.29, 1.82) is 0 Å². The lowest BCUT2D eigenvalue weighted by molar-refractivity contribution is 0.0587. The van der Waals surface area contributed by atoms with Crippen molar-refractivity contribution in [2.75, 3.05) is 25.5 Å². The van der Waals surface area contributed by atoms with Crippen LogP contribution in [-0.2, 0) is 4.74 Å². The molecule has 1 saturated heterocycles. The first-order valence-electron chi connectivity index (χ1n) is 8.68. The number of nitrogens with one attached hydrogen (secondary N) is 1. The summed E-state index contributed by atoms with van der Waals surface area (Å²) in [5.41, 5.74) is 0.974. The molecule has 1 aliphatic rings. The number of nitrogens with zero attached hydrogens (tertiary/aromatic N) is 1. The largest absolute Gasteiger partial charge is 0.465 e. The lowest BCUT2D eigenvalue weighted by Crippen LogP contribution is -2.45. The molecule has 1 aliphatic heterocycles. The highest BCUT2D eigenvalue weighted by molar-refractivity contribution is 6.05. The zero-order valence-corrected chi connectivity index (χ0v) is 14.9. The van der Waals surface area contributed by atoms with Crippen molar-refractivity contribution in [2.45, 2.75) is 18.9 Å². The Kier molecular flexibility index (Phi) is 5.69. The van der Waals surface area contributed by atoms with Crippen molar-refractivity contribution in [1.82, 2.24) is 4.90 Å². The van der Waals surface area contributed by atoms with Gasteiger partial charge >= 0.3 is 5.97 Å². The number of amides is 1. The van der Waals surface area contributed by atoms with Crippen molar-refractivity contribution in [3.8, 4) is 0 Å². The molecule has 0 radical (unpaired) electrons. The number of hydrogen-bond donors (Lipinski definition) is 1. The van der Waals surface area contributed by atoms with Crippen LogP contribution in [0.4, 0.5) is 14.5 Å². The molecule has 1 fully saturated rings. The highest BCUT2D eigenvalue weighted by atomic mass is 19.2. The number of benzene rings is 2. The third-order valence-corrected chi connectivity index (χ3v) is 4.56. The number of likely N-dealkylation sites (tertiary alicyclic amines) is 1. The quantitative estimate of drug-likeness (QED) is 0.833. The lowest BCUT2D eigenvalue weighted by atomic mass is 10.0. The van der Waals surface area contributed by atoms with Gasteiger partial charge in [-0.1, -0.05) is 12.1 Å². The second-order valence-electron chi connectivity index (χ2n) is 6.40. The van der Waals surface area contributed by atoms with Crippen molar-refractivity contribution in [3.63, 3.8) is 0 Å². The molecule has 1 unspecified atom stereocenters. The maximum atomic E-state index is 13.4. The Bertz CT molecular complexity index is 857. The number of halogens is 2. The summed E-state index contributed by atoms with van der Waals surface area (Å²) in [5, 5.41) is 3.14. The van der Waals surface area contributed by atoms with Crippen LogP contribution in [0, 0.1) is 11.6 Å². The molecule has 1 amide bonds. The second-order valence-corrected chi connectivity index (χ2v) is 6.40. The molecule has 0 aromatic heterocycles. The first-order valence-corrected chi connectivity index (χ1v) is 8.68. The fourth-order valence-corrected chi connectivity index (χ4v) is 3.23. The van der Waals surface area contributed by atoms with Gasteiger partial charge in [-0.2, -0.15) is 0 Å². The molecule has 142 valence electrons. The van der Waals surface area contributed by atoms with Crippen LogP contribution in [0.3, 0.4) is 0 Å². The molecule has 5 nitrogen and oxygen atoms in total. The first-order chi connectivity index (χ1) is 13.0. The Morgan fingerprint density at radius 3 is 2.56 bits per heavy atom. The van der Waals surface area contributed by atoms with Crippen molar-refractivity contribution >= 4 is 17.6 Å². The van der Waals surface area contributed by atoms with Crippen LogP contribution in [0.2, 0.25) is 0 Å². The highest BCUT2D eigenvalue weighted by Crippen LogP contribution is 2.21. The van der Waals surface area contributed by atoms with Gasteiger partial charge in [-0.05, 0) is 37.1 Å². The number of ether oxygens (including phenoxy) is 1. The van der Waals surface area contributed by atoms with Crippen LogP contribution < -0.4 is 5.32 Å². The van der Waals surface area contributed by atoms with Gasteiger partial charge in [-0.25, -0.2) is 13.6 Å². The number of rotatable bonds is 4. The number of carbonyl (C=O) groups is 2. The predicted octanol–water partition coefficient (Wildman–Crippen LogP) is 3.47. The molecule has 0 saturated carbocycles. The molecule has 2 aromatic carbocycles. The SMILES string of the molecule is COC(=O)c1ccccc1C(=O)N1CCCC(Nc2ccc(F)c(F)c2)C1. The molecule has 1 N–H and O–H groups in total. The molecule has 0 bridgehead atoms. The van der Waals surface area contributed by atoms with Crippen LogP contribution in [0.1, 0.15) is 33.6 Å². The van der Waals surface area contributed by atoms with E-state index in [-0.39, 0.29) is 23.1 Å². The van der Waals surface area contributed by atoms with E-state index in [0.29, 0.717) is 18.8 Å². The van der Waals surface area contributed by atoms with Gasteiger partial charge in [0, 0.05) is 30.9 Å². The number of methoxy groups -OCH3 is 1. The fourth-order valence-electron chi connectivity index (χ4n) is 3.23. The minimum absolute atomic E-state index is 0.0992. The summed E-state index contributed by atoms with van der Waals surface area (Å²) < 4.78 is 31.2. The zero-order valence-electron chi connectivity index (χ0n) is 14.9. The summed E-state index contributed by atoms with van der Waals surface area (Å²) in [6.07, 6.45) is 1.55. The number of anilines is 1. The van der Waals surface area contributed by atoms with Gasteiger partial charge in [-0.3, -0.25) is 4.79 Å². The normalized spacial score (nSPS) is 16.7. The van der Waals surface area contributed by atoms with Gasteiger partial charge in [0.05, 0.1) is 18.2 Å². The molecular weight excluding hydrogens is 354 g/mol. The molecule has 0 aliphatic carbocycles. The minimum Gasteiger partial charge on any atom is -0.465 e. The lowest BCUT2D eigenvalue weighted by Gasteiger charge is -2.34. The van der Waals surface area contributed by atoms with E-state index in [2.05, 4.69) is 5.32 Å². The molecule has 1 atom stereocenters. The van der Waals surface area contributed by atoms with E-state index < -0.39 is 17.6 Å². The maximum Gasteiger partial charge on any atom is 0.338 e. The number of piperidine rings is 1. The van der Waals surface area contributed by atoms with Crippen LogP contribution in [0.25, 0.3) is 0 Å². The Labute approximate surface area is 155 Å². The van der Waals surface area contributed by atoms with E-state index in [9.17, 15) is 18.4 Å². The fraction of sp³-hybridized carbons (Fsp3) is 0.300. The number of hydrogen-bond acceptors (Lipinski definition) is 4. The average Bonchev–Trinajstić information content (AvgIpc) is 2.70. The summed E-state index contributed by atoms with van der Waals surface area (Å²) >= 11 is 0. The molecular formula is C20H20F2N2O3. The molecule has 1 heterocycles. The van der Waals surface area contributed by atoms with Crippen molar-refractivity contribution in [3.05, 3.63) is 65.2 Å². The topological polar surface area (TPSA) is 58.6 Å². The minimum atomic E-state index is -0.921. The van der Waals surface area contributed by atoms with E-state index in [1.54, 1.807) is 29.2 Å². The van der Waals surface area contributed by atoms with E-state index >= 15 is 0 Å². The summed E-state index contributed by atoms with van der Waals surface area (Å²) in [6.45, 7) is 0.956. The molecule has 3 rings (SSSR count). The average molecular weight is 374 g/mol. The highest BCUT2D eigenvalue weighted by Gasteiger charge is 2.27. The van der Waals surface area contributed by atoms with Gasteiger partial charge in [0.25, 0.3) is 5.91 Å². The van der Waals surface area contributed by atoms with Gasteiger partial charge in [0.2, 0.25) is 0 Å². The Hall–Kier alpha value is -2.96. The Balaban J connectivity index is 1.73. The molecule has 27 heavy (non-hydrogen) atoms. The molecule has 2 aromatic rings. The van der Waals surface area contributed by atoms with Crippen LogP contribution in [0.5, 0.6) is 0 Å². The van der Waals surface area contributed by atoms with E-state index in [1.165, 1.54) is 13.2 Å². The van der Waals surface area contributed by atoms with Crippen LogP contribution in [0.15, 0.2) is 42.5 Å². The summed E-state index contributed by atoms with van der Waals surface area (Å²) in [7, 11) is 1.27. The third-order valence-electron chi connectivity index (χ3n) is 4.56. The van der Waals surface area contributed by atoms with Gasteiger partial charge < -0.3 is 15.0 Å². The van der Waals surface area contributed by atoms with Crippen LogP contribution in [-0.4, -0.2) is 43.0 Å². The smallest absolute Gasteiger partial charge is 0.338 e. The van der Waals surface area contributed by atoms with Crippen molar-refractivity contribution < 1.29 is 23.1 Å². The summed E-state index contributed by atoms with van der Waals surface area (Å²) in [4.78, 5) is 26.5. The van der Waals surface area contributed by atoms with E-state index in [1.807, 2.05) is 0 Å². The summed E-state index contributed by atoms with van der Waals surface area (Å²) in [5.74, 6) is -2.64. The van der Waals surface area contributed by atoms with Crippen molar-refractivity contribution in [2.24, 2.45) is 0 Å². The number of esters is 1. The monoisotopic (exact) mass is 374 g/mol. The zero-order chi connectivity index (χ0) is 19.4. The molecule has 0 spiro atoms. The maximum absolute atomic E-state index is 13.4. The van der Waals surface area contributed by atoms with E-state index in [0.717, 1.165) is 25.0 Å². The van der Waals surface area contributed by atoms with E-state index in [4.69, 9.17) is 4.74 Å². The second kappa shape index (κ2) is 8.16. The molecule has 7 heteroatoms. The van der Waals surface area contributed by atoms with Gasteiger partial charge in [0.1, 0.15) is 0 Å². The Morgan fingerprint density at radius 1 is 1.11 bits per heavy atom. The van der Waals surface area contributed by atoms with Gasteiger partial charge in [0.15, 0.2) is 11.6 Å². The van der Waals surface area contributed by atoms with Crippen LogP contribution >= 0.6 is 0 Å². The third kappa shape index (κ3) is 4.24. The number of carbonyl (C=O) groups excluding carboxylic acids is 2. The first kappa shape index (κ1) is 18.8. The standard InChI is InChI=1S/C20H20F2N2O3/c1-27-20(26)16-7-3-2-6-15(16)19(25)24-10-4-5-14(12-24)23-13-8-9-17(21)18(22)11-13/h2-3,6-9,11,14,23H,4-5,10,12H2,1H3. The summed E-state index contributed by atoms with van der Waals surface area (Å²) in [6, 6.07) is 10.1. The van der Waals surface area contributed by atoms with Gasteiger partial charge in [-0.15, -0.1) is 0 Å². The predicted molar refractivity (Wildman–Crippen MR) is 96.7 cm³/mol.